The maximum absolute atomic E-state index is 9.49. The Morgan fingerprint density at radius 1 is 0.586 bits per heavy atom. The highest BCUT2D eigenvalue weighted by molar-refractivity contribution is 5.60. The molecule has 0 aliphatic heterocycles. The molecule has 0 bridgehead atoms. The van der Waals surface area contributed by atoms with E-state index in [4.69, 9.17) is 5.73 Å². The summed E-state index contributed by atoms with van der Waals surface area (Å²) in [6, 6.07) is 2.91. The van der Waals surface area contributed by atoms with E-state index in [0.717, 1.165) is 19.4 Å². The van der Waals surface area contributed by atoms with Crippen molar-refractivity contribution < 1.29 is 15.3 Å². The first-order valence-corrected chi connectivity index (χ1v) is 11.8. The lowest BCUT2D eigenvalue weighted by Gasteiger charge is -2.03. The molecule has 29 heavy (non-hydrogen) atoms. The minimum Gasteiger partial charge on any atom is -0.504 e. The number of hydrogen-bond acceptors (Lipinski definition) is 4. The van der Waals surface area contributed by atoms with Gasteiger partial charge in [0.15, 0.2) is 17.2 Å². The molecule has 0 saturated carbocycles. The molecular formula is C25H43NO3. The second kappa shape index (κ2) is 17.2. The fourth-order valence-electron chi connectivity index (χ4n) is 3.65. The van der Waals surface area contributed by atoms with Gasteiger partial charge in [-0.05, 0) is 43.5 Å². The summed E-state index contributed by atoms with van der Waals surface area (Å²) in [7, 11) is 0. The molecule has 4 heteroatoms. The van der Waals surface area contributed by atoms with Crippen LogP contribution in [0.1, 0.15) is 108 Å². The molecule has 4 nitrogen and oxygen atoms in total. The minimum absolute atomic E-state index is 0.289. The molecule has 5 N–H and O–H groups in total. The Labute approximate surface area is 177 Å². The number of allylic oxidation sites excluding steroid dienone is 1. The number of unbranched alkanes of at least 4 members (excludes halogenated alkanes) is 15. The van der Waals surface area contributed by atoms with Crippen LogP contribution in [0, 0.1) is 0 Å². The molecule has 0 aliphatic rings. The second-order valence-corrected chi connectivity index (χ2v) is 8.19. The summed E-state index contributed by atoms with van der Waals surface area (Å²) in [5.74, 6) is -1.04. The van der Waals surface area contributed by atoms with Crippen LogP contribution in [0.15, 0.2) is 18.2 Å². The Balaban J connectivity index is 1.86. The maximum Gasteiger partial charge on any atom is 0.200 e. The van der Waals surface area contributed by atoms with Crippen LogP contribution in [0.5, 0.6) is 17.2 Å². The van der Waals surface area contributed by atoms with Crippen molar-refractivity contribution in [3.8, 4) is 17.2 Å². The summed E-state index contributed by atoms with van der Waals surface area (Å²) < 4.78 is 0. The van der Waals surface area contributed by atoms with Crippen molar-refractivity contribution >= 4 is 6.08 Å². The number of hydrogen-bond donors (Lipinski definition) is 4. The molecule has 1 aromatic rings. The Hall–Kier alpha value is -1.68. The largest absolute Gasteiger partial charge is 0.504 e. The molecule has 0 aliphatic carbocycles. The molecule has 0 saturated heterocycles. The highest BCUT2D eigenvalue weighted by Gasteiger charge is 2.05. The lowest BCUT2D eigenvalue weighted by molar-refractivity contribution is 0.368. The topological polar surface area (TPSA) is 86.7 Å². The lowest BCUT2D eigenvalue weighted by atomic mass is 10.0. The van der Waals surface area contributed by atoms with Crippen molar-refractivity contribution in [2.45, 2.75) is 103 Å². The van der Waals surface area contributed by atoms with Crippen LogP contribution < -0.4 is 5.73 Å². The normalized spacial score (nSPS) is 11.5. The van der Waals surface area contributed by atoms with Crippen LogP contribution in [0.2, 0.25) is 0 Å². The molecule has 0 fully saturated rings. The van der Waals surface area contributed by atoms with E-state index in [2.05, 4.69) is 6.08 Å². The van der Waals surface area contributed by atoms with Gasteiger partial charge >= 0.3 is 0 Å². The Morgan fingerprint density at radius 3 is 1.38 bits per heavy atom. The number of phenolic OH excluding ortho intramolecular Hbond substituents is 3. The predicted octanol–water partition coefficient (Wildman–Crippen LogP) is 7.02. The molecule has 0 heterocycles. The lowest BCUT2D eigenvalue weighted by Crippen LogP contribution is -1.97. The third kappa shape index (κ3) is 13.2. The van der Waals surface area contributed by atoms with Crippen molar-refractivity contribution in [1.29, 1.82) is 0 Å². The van der Waals surface area contributed by atoms with Crippen molar-refractivity contribution in [3.63, 3.8) is 0 Å². The predicted molar refractivity (Wildman–Crippen MR) is 123 cm³/mol. The quantitative estimate of drug-likeness (QED) is 0.156. The first-order valence-electron chi connectivity index (χ1n) is 11.8. The number of phenols is 3. The minimum atomic E-state index is -0.462. The maximum atomic E-state index is 9.49. The highest BCUT2D eigenvalue weighted by Crippen LogP contribution is 2.35. The molecule has 0 radical (unpaired) electrons. The summed E-state index contributed by atoms with van der Waals surface area (Å²) >= 11 is 0. The van der Waals surface area contributed by atoms with E-state index in [1.54, 1.807) is 0 Å². The van der Waals surface area contributed by atoms with Crippen LogP contribution in [-0.2, 0) is 0 Å². The highest BCUT2D eigenvalue weighted by atomic mass is 16.3. The van der Waals surface area contributed by atoms with E-state index in [-0.39, 0.29) is 11.5 Å². The fraction of sp³-hybridized carbons (Fsp3) is 0.680. The second-order valence-electron chi connectivity index (χ2n) is 8.19. The van der Waals surface area contributed by atoms with Crippen LogP contribution in [-0.4, -0.2) is 21.9 Å². The van der Waals surface area contributed by atoms with E-state index >= 15 is 0 Å². The zero-order chi connectivity index (χ0) is 21.2. The average Bonchev–Trinajstić information content (AvgIpc) is 2.71. The first kappa shape index (κ1) is 25.4. The first-order chi connectivity index (χ1) is 14.1. The molecule has 0 aromatic heterocycles. The van der Waals surface area contributed by atoms with Gasteiger partial charge in [0.05, 0.1) is 0 Å². The molecule has 1 aromatic carbocycles. The molecule has 0 unspecified atom stereocenters. The summed E-state index contributed by atoms with van der Waals surface area (Å²) in [4.78, 5) is 0. The van der Waals surface area contributed by atoms with E-state index in [1.807, 2.05) is 6.08 Å². The molecule has 166 valence electrons. The third-order valence-electron chi connectivity index (χ3n) is 5.48. The number of rotatable bonds is 18. The van der Waals surface area contributed by atoms with Gasteiger partial charge in [0.1, 0.15) is 0 Å². The number of nitrogens with two attached hydrogens (primary N) is 1. The zero-order valence-corrected chi connectivity index (χ0v) is 18.2. The molecule has 0 atom stereocenters. The van der Waals surface area contributed by atoms with Crippen LogP contribution >= 0.6 is 0 Å². The standard InChI is InChI=1S/C25H43NO3/c26-19-17-15-13-11-9-7-5-3-1-2-4-6-8-10-12-14-16-18-22-20-23(27)25(29)24(28)21-22/h16,18,20-21,27-29H,1-15,17,19,26H2. The van der Waals surface area contributed by atoms with Gasteiger partial charge in [0.2, 0.25) is 0 Å². The summed E-state index contributed by atoms with van der Waals surface area (Å²) in [5, 5.41) is 28.3. The summed E-state index contributed by atoms with van der Waals surface area (Å²) in [6.45, 7) is 0.844. The van der Waals surface area contributed by atoms with Gasteiger partial charge in [-0.3, -0.25) is 0 Å². The van der Waals surface area contributed by atoms with Crippen molar-refractivity contribution in [2.75, 3.05) is 6.54 Å². The SMILES string of the molecule is NCCCCCCCCCCCCCCCCCC=Cc1cc(O)c(O)c(O)c1. The van der Waals surface area contributed by atoms with Crippen molar-refractivity contribution in [1.82, 2.24) is 0 Å². The molecule has 1 rings (SSSR count). The Bertz CT molecular complexity index is 534. The molecular weight excluding hydrogens is 362 g/mol. The third-order valence-corrected chi connectivity index (χ3v) is 5.48. The van der Waals surface area contributed by atoms with Gasteiger partial charge in [-0.15, -0.1) is 0 Å². The van der Waals surface area contributed by atoms with Crippen LogP contribution in [0.3, 0.4) is 0 Å². The smallest absolute Gasteiger partial charge is 0.200 e. The number of benzene rings is 1. The van der Waals surface area contributed by atoms with Crippen LogP contribution in [0.4, 0.5) is 0 Å². The van der Waals surface area contributed by atoms with E-state index in [1.165, 1.54) is 102 Å². The van der Waals surface area contributed by atoms with Gasteiger partial charge in [-0.25, -0.2) is 0 Å². The van der Waals surface area contributed by atoms with Gasteiger partial charge in [0, 0.05) is 0 Å². The van der Waals surface area contributed by atoms with E-state index in [9.17, 15) is 15.3 Å². The van der Waals surface area contributed by atoms with Gasteiger partial charge < -0.3 is 21.1 Å². The summed E-state index contributed by atoms with van der Waals surface area (Å²) in [6.07, 6.45) is 25.0. The van der Waals surface area contributed by atoms with Gasteiger partial charge in [0.25, 0.3) is 0 Å². The Kier molecular flexibility index (Phi) is 15.0. The monoisotopic (exact) mass is 405 g/mol. The van der Waals surface area contributed by atoms with Crippen LogP contribution in [0.25, 0.3) is 6.08 Å². The van der Waals surface area contributed by atoms with E-state index < -0.39 is 5.75 Å². The molecule has 0 spiro atoms. The zero-order valence-electron chi connectivity index (χ0n) is 18.2. The summed E-state index contributed by atoms with van der Waals surface area (Å²) in [5.41, 5.74) is 6.20. The fourth-order valence-corrected chi connectivity index (χ4v) is 3.65. The van der Waals surface area contributed by atoms with Crippen molar-refractivity contribution in [3.05, 3.63) is 23.8 Å². The van der Waals surface area contributed by atoms with Gasteiger partial charge in [-0.2, -0.15) is 0 Å². The van der Waals surface area contributed by atoms with Crippen molar-refractivity contribution in [2.24, 2.45) is 5.73 Å². The number of aromatic hydroxyl groups is 3. The van der Waals surface area contributed by atoms with E-state index in [0.29, 0.717) is 5.56 Å². The van der Waals surface area contributed by atoms with Gasteiger partial charge in [-0.1, -0.05) is 95.6 Å². The Morgan fingerprint density at radius 2 is 0.966 bits per heavy atom. The molecule has 0 amide bonds. The average molecular weight is 406 g/mol.